The molecule has 1 amide bonds. The van der Waals surface area contributed by atoms with E-state index in [4.69, 9.17) is 9.47 Å². The zero-order valence-corrected chi connectivity index (χ0v) is 24.0. The summed E-state index contributed by atoms with van der Waals surface area (Å²) < 4.78 is 11.4. The monoisotopic (exact) mass is 551 g/mol. The number of carbonyl (C=O) groups excluding carboxylic acids is 2. The molecule has 0 aliphatic carbocycles. The first-order valence-corrected chi connectivity index (χ1v) is 13.7. The molecule has 9 heteroatoms. The number of hydrogen-bond donors (Lipinski definition) is 0. The molecule has 1 fully saturated rings. The van der Waals surface area contributed by atoms with Crippen LogP contribution in [0.4, 0.5) is 10.5 Å². The molecule has 0 radical (unpaired) electrons. The third kappa shape index (κ3) is 8.39. The molecule has 0 bridgehead atoms. The smallest absolute Gasteiger partial charge is 0.410 e. The van der Waals surface area contributed by atoms with Crippen LogP contribution < -0.4 is 0 Å². The number of piperidine rings is 1. The third-order valence-electron chi connectivity index (χ3n) is 7.26. The normalized spacial score (nSPS) is 16.0. The highest BCUT2D eigenvalue weighted by Gasteiger charge is 2.39. The van der Waals surface area contributed by atoms with Crippen LogP contribution in [0.3, 0.4) is 0 Å². The first kappa shape index (κ1) is 30.8. The van der Waals surface area contributed by atoms with Gasteiger partial charge in [-0.15, -0.1) is 6.58 Å². The van der Waals surface area contributed by atoms with Crippen LogP contribution >= 0.6 is 0 Å². The van der Waals surface area contributed by atoms with Gasteiger partial charge in [-0.3, -0.25) is 14.9 Å². The lowest BCUT2D eigenvalue weighted by Crippen LogP contribution is -2.48. The minimum absolute atomic E-state index is 0.00461. The van der Waals surface area contributed by atoms with Crippen molar-refractivity contribution < 1.29 is 24.0 Å². The fourth-order valence-electron chi connectivity index (χ4n) is 4.85. The molecule has 1 aliphatic heterocycles. The first-order chi connectivity index (χ1) is 18.9. The molecule has 1 aliphatic rings. The Balaban J connectivity index is 1.57. The van der Waals surface area contributed by atoms with E-state index in [1.807, 2.05) is 58.0 Å². The number of esters is 1. The fourth-order valence-corrected chi connectivity index (χ4v) is 4.85. The average Bonchev–Trinajstić information content (AvgIpc) is 2.93. The molecule has 0 spiro atoms. The molecule has 0 N–H and O–H groups in total. The first-order valence-electron chi connectivity index (χ1n) is 13.7. The number of non-ortho nitro benzene ring substituents is 1. The Morgan fingerprint density at radius 3 is 2.25 bits per heavy atom. The van der Waals surface area contributed by atoms with Gasteiger partial charge in [-0.1, -0.05) is 36.4 Å². The Hall–Kier alpha value is -3.72. The van der Waals surface area contributed by atoms with Crippen LogP contribution in [-0.2, 0) is 26.3 Å². The summed E-state index contributed by atoms with van der Waals surface area (Å²) >= 11 is 0. The zero-order chi connectivity index (χ0) is 29.3. The van der Waals surface area contributed by atoms with Crippen LogP contribution in [0.15, 0.2) is 67.3 Å². The second-order valence-corrected chi connectivity index (χ2v) is 11.4. The molecule has 1 heterocycles. The summed E-state index contributed by atoms with van der Waals surface area (Å²) in [5, 5.41) is 10.9. The predicted octanol–water partition coefficient (Wildman–Crippen LogP) is 5.87. The fraction of sp³-hybridized carbons (Fsp3) is 0.484. The lowest BCUT2D eigenvalue weighted by atomic mass is 9.79. The molecular weight excluding hydrogens is 510 g/mol. The van der Waals surface area contributed by atoms with Crippen LogP contribution in [-0.4, -0.2) is 64.6 Å². The van der Waals surface area contributed by atoms with Crippen molar-refractivity contribution in [1.29, 1.82) is 0 Å². The minimum Gasteiger partial charge on any atom is -0.459 e. The third-order valence-corrected chi connectivity index (χ3v) is 7.26. The number of ether oxygens (including phenoxy) is 2. The van der Waals surface area contributed by atoms with Gasteiger partial charge in [0.25, 0.3) is 5.69 Å². The maximum absolute atomic E-state index is 13.3. The topological polar surface area (TPSA) is 102 Å². The van der Waals surface area contributed by atoms with Crippen molar-refractivity contribution in [2.24, 2.45) is 0 Å². The molecule has 1 saturated heterocycles. The van der Waals surface area contributed by atoms with E-state index in [1.165, 1.54) is 12.1 Å². The molecule has 3 rings (SSSR count). The Labute approximate surface area is 236 Å². The molecule has 2 aromatic carbocycles. The number of nitro benzene ring substituents is 1. The Bertz CT molecular complexity index is 1150. The second kappa shape index (κ2) is 13.6. The Morgan fingerprint density at radius 1 is 1.07 bits per heavy atom. The van der Waals surface area contributed by atoms with Gasteiger partial charge < -0.3 is 19.3 Å². The van der Waals surface area contributed by atoms with Crippen molar-refractivity contribution in [3.05, 3.63) is 88.5 Å². The van der Waals surface area contributed by atoms with Gasteiger partial charge in [-0.25, -0.2) is 4.79 Å². The summed E-state index contributed by atoms with van der Waals surface area (Å²) in [6.07, 6.45) is 3.41. The molecule has 2 aromatic rings. The number of amides is 1. The predicted molar refractivity (Wildman–Crippen MR) is 154 cm³/mol. The van der Waals surface area contributed by atoms with Crippen molar-refractivity contribution in [3.8, 4) is 0 Å². The molecule has 0 aromatic heterocycles. The van der Waals surface area contributed by atoms with Gasteiger partial charge in [0.2, 0.25) is 0 Å². The van der Waals surface area contributed by atoms with Gasteiger partial charge >= 0.3 is 12.1 Å². The highest BCUT2D eigenvalue weighted by atomic mass is 16.6. The summed E-state index contributed by atoms with van der Waals surface area (Å²) in [7, 11) is 0. The number of rotatable bonds is 11. The number of benzene rings is 2. The molecular formula is C31H41N3O6. The lowest BCUT2D eigenvalue weighted by molar-refractivity contribution is -0.384. The Morgan fingerprint density at radius 2 is 1.70 bits per heavy atom. The van der Waals surface area contributed by atoms with Gasteiger partial charge in [0, 0.05) is 37.8 Å². The zero-order valence-electron chi connectivity index (χ0n) is 24.0. The molecule has 40 heavy (non-hydrogen) atoms. The molecule has 216 valence electrons. The number of nitro groups is 1. The number of carbonyl (C=O) groups is 2. The van der Waals surface area contributed by atoms with Crippen LogP contribution in [0.25, 0.3) is 0 Å². The molecule has 9 nitrogen and oxygen atoms in total. The lowest BCUT2D eigenvalue weighted by Gasteiger charge is -2.39. The van der Waals surface area contributed by atoms with E-state index in [1.54, 1.807) is 23.1 Å². The van der Waals surface area contributed by atoms with Crippen molar-refractivity contribution >= 4 is 17.7 Å². The quantitative estimate of drug-likeness (QED) is 0.149. The second-order valence-electron chi connectivity index (χ2n) is 11.4. The van der Waals surface area contributed by atoms with E-state index in [0.29, 0.717) is 18.5 Å². The molecule has 1 unspecified atom stereocenters. The highest BCUT2D eigenvalue weighted by Crippen LogP contribution is 2.32. The van der Waals surface area contributed by atoms with Gasteiger partial charge in [0.1, 0.15) is 12.2 Å². The number of nitrogens with zero attached hydrogens (tertiary/aromatic N) is 3. The molecule has 0 saturated carbocycles. The maximum Gasteiger partial charge on any atom is 0.410 e. The summed E-state index contributed by atoms with van der Waals surface area (Å²) in [5.74, 6) is -0.228. The van der Waals surface area contributed by atoms with E-state index in [9.17, 15) is 19.7 Å². The van der Waals surface area contributed by atoms with E-state index >= 15 is 0 Å². The van der Waals surface area contributed by atoms with Crippen molar-refractivity contribution in [2.45, 2.75) is 70.6 Å². The molecule has 1 atom stereocenters. The summed E-state index contributed by atoms with van der Waals surface area (Å²) in [6.45, 7) is 14.1. The average molecular weight is 552 g/mol. The van der Waals surface area contributed by atoms with E-state index < -0.39 is 22.0 Å². The number of likely N-dealkylation sites (tertiary alicyclic amines) is 1. The van der Waals surface area contributed by atoms with Gasteiger partial charge in [0.05, 0.1) is 10.3 Å². The van der Waals surface area contributed by atoms with Crippen LogP contribution in [0.2, 0.25) is 0 Å². The van der Waals surface area contributed by atoms with Crippen molar-refractivity contribution in [2.75, 3.05) is 26.2 Å². The van der Waals surface area contributed by atoms with Crippen molar-refractivity contribution in [3.63, 3.8) is 0 Å². The van der Waals surface area contributed by atoms with Crippen LogP contribution in [0.1, 0.15) is 58.1 Å². The van der Waals surface area contributed by atoms with Crippen LogP contribution in [0, 0.1) is 10.1 Å². The minimum atomic E-state index is -0.776. The standard InChI is InChI=1S/C31H41N3O6/c1-6-19-33(29(36)39-23-24-12-14-27(15-13-24)34(37)38)26-16-20-32(21-17-26)22-18-31(5,25-10-8-7-9-11-25)28(35)40-30(2,3)4/h6-15,26H,1,16-23H2,2-5H3. The van der Waals surface area contributed by atoms with Gasteiger partial charge in [0.15, 0.2) is 0 Å². The van der Waals surface area contributed by atoms with Gasteiger partial charge in [-0.2, -0.15) is 0 Å². The van der Waals surface area contributed by atoms with Crippen LogP contribution in [0.5, 0.6) is 0 Å². The Kier molecular flexibility index (Phi) is 10.5. The van der Waals surface area contributed by atoms with E-state index in [-0.39, 0.29) is 24.3 Å². The summed E-state index contributed by atoms with van der Waals surface area (Å²) in [4.78, 5) is 40.7. The SMILES string of the molecule is C=CCN(C(=O)OCc1ccc([N+](=O)[O-])cc1)C1CCN(CCC(C)(C(=O)OC(C)(C)C)c2ccccc2)CC1. The van der Waals surface area contributed by atoms with E-state index in [2.05, 4.69) is 11.5 Å². The number of hydrogen-bond acceptors (Lipinski definition) is 7. The highest BCUT2D eigenvalue weighted by molar-refractivity contribution is 5.83. The van der Waals surface area contributed by atoms with E-state index in [0.717, 1.165) is 38.0 Å². The van der Waals surface area contributed by atoms with Crippen molar-refractivity contribution in [1.82, 2.24) is 9.80 Å². The summed E-state index contributed by atoms with van der Waals surface area (Å²) in [6, 6.07) is 15.7. The largest absolute Gasteiger partial charge is 0.459 e. The van der Waals surface area contributed by atoms with Gasteiger partial charge in [-0.05, 0) is 76.8 Å². The maximum atomic E-state index is 13.3. The summed E-state index contributed by atoms with van der Waals surface area (Å²) in [5.41, 5.74) is 0.255.